The van der Waals surface area contributed by atoms with Gasteiger partial charge in [0.05, 0.1) is 23.7 Å². The molecule has 0 amide bonds. The fraction of sp³-hybridized carbons (Fsp3) is 0.0714. The summed E-state index contributed by atoms with van der Waals surface area (Å²) in [6.45, 7) is 0. The van der Waals surface area contributed by atoms with Crippen molar-refractivity contribution in [3.8, 4) is 11.1 Å². The van der Waals surface area contributed by atoms with E-state index in [0.29, 0.717) is 10.0 Å². The molecule has 3 aromatic heterocycles. The fourth-order valence-corrected chi connectivity index (χ4v) is 5.48. The zero-order valence-corrected chi connectivity index (χ0v) is 20.9. The third kappa shape index (κ3) is 3.61. The van der Waals surface area contributed by atoms with Crippen LogP contribution < -0.4 is 0 Å². The first-order chi connectivity index (χ1) is 16.9. The summed E-state index contributed by atoms with van der Waals surface area (Å²) in [6, 6.07) is 23.9. The molecule has 1 unspecified atom stereocenters. The highest BCUT2D eigenvalue weighted by Gasteiger charge is 2.37. The lowest BCUT2D eigenvalue weighted by molar-refractivity contribution is 0.746. The summed E-state index contributed by atoms with van der Waals surface area (Å²) in [5, 5.41) is 2.37. The third-order valence-corrected chi connectivity index (χ3v) is 7.55. The van der Waals surface area contributed by atoms with E-state index in [-0.39, 0.29) is 0 Å². The Morgan fingerprint density at radius 2 is 1.66 bits per heavy atom. The molecular formula is C28H19Cl3N4. The van der Waals surface area contributed by atoms with E-state index in [0.717, 1.165) is 44.5 Å². The Kier molecular flexibility index (Phi) is 5.33. The van der Waals surface area contributed by atoms with Gasteiger partial charge in [0.25, 0.3) is 0 Å². The van der Waals surface area contributed by atoms with Crippen molar-refractivity contribution in [1.29, 1.82) is 0 Å². The smallest absolute Gasteiger partial charge is 0.137 e. The predicted molar refractivity (Wildman–Crippen MR) is 144 cm³/mol. The molecule has 6 rings (SSSR count). The molecule has 0 saturated heterocycles. The molecule has 0 fully saturated rings. The molecule has 1 atom stereocenters. The van der Waals surface area contributed by atoms with Gasteiger partial charge in [0.1, 0.15) is 10.5 Å². The molecule has 0 bridgehead atoms. The van der Waals surface area contributed by atoms with Crippen molar-refractivity contribution in [3.63, 3.8) is 0 Å². The molecule has 0 aliphatic carbocycles. The average molecular weight is 518 g/mol. The van der Waals surface area contributed by atoms with E-state index in [1.54, 1.807) is 12.5 Å². The molecule has 0 aliphatic rings. The van der Waals surface area contributed by atoms with E-state index in [1.165, 1.54) is 0 Å². The van der Waals surface area contributed by atoms with Crippen LogP contribution in [0.1, 0.15) is 16.8 Å². The van der Waals surface area contributed by atoms with Gasteiger partial charge >= 0.3 is 0 Å². The van der Waals surface area contributed by atoms with E-state index in [9.17, 15) is 0 Å². The zero-order chi connectivity index (χ0) is 24.2. The van der Waals surface area contributed by atoms with Crippen LogP contribution in [0.25, 0.3) is 27.7 Å². The standard InChI is InChI=1S/C28H19Cl3N4/c1-34-17-32-16-26(34)28(31,19-5-8-21(29)9-6-19)20-7-10-25-24(14-20)23(15-27-33-11-12-35(25)27)18-3-2-4-22(30)13-18/h2-17H,1H3. The van der Waals surface area contributed by atoms with Crippen LogP contribution in [0.2, 0.25) is 10.0 Å². The number of hydrogen-bond acceptors (Lipinski definition) is 2. The van der Waals surface area contributed by atoms with E-state index in [1.807, 2.05) is 66.5 Å². The molecule has 7 heteroatoms. The number of alkyl halides is 1. The van der Waals surface area contributed by atoms with Crippen molar-refractivity contribution in [2.45, 2.75) is 4.87 Å². The van der Waals surface area contributed by atoms with Gasteiger partial charge in [0.2, 0.25) is 0 Å². The van der Waals surface area contributed by atoms with E-state index >= 15 is 0 Å². The van der Waals surface area contributed by atoms with E-state index in [2.05, 4.69) is 44.7 Å². The summed E-state index contributed by atoms with van der Waals surface area (Å²) in [5.41, 5.74) is 6.61. The van der Waals surface area contributed by atoms with Gasteiger partial charge in [-0.25, -0.2) is 9.97 Å². The maximum absolute atomic E-state index is 7.59. The van der Waals surface area contributed by atoms with Gasteiger partial charge < -0.3 is 4.57 Å². The second-order valence-corrected chi connectivity index (χ2v) is 9.95. The van der Waals surface area contributed by atoms with Gasteiger partial charge in [0.15, 0.2) is 0 Å². The molecular weight excluding hydrogens is 499 g/mol. The minimum atomic E-state index is -0.987. The number of pyridine rings is 1. The van der Waals surface area contributed by atoms with Crippen LogP contribution in [0.4, 0.5) is 0 Å². The molecule has 35 heavy (non-hydrogen) atoms. The highest BCUT2D eigenvalue weighted by Crippen LogP contribution is 2.45. The first kappa shape index (κ1) is 22.2. The Balaban J connectivity index is 1.68. The quantitative estimate of drug-likeness (QED) is 0.224. The molecule has 0 saturated carbocycles. The van der Waals surface area contributed by atoms with Crippen molar-refractivity contribution < 1.29 is 0 Å². The highest BCUT2D eigenvalue weighted by molar-refractivity contribution is 6.31. The van der Waals surface area contributed by atoms with Crippen molar-refractivity contribution >= 4 is 51.4 Å². The Morgan fingerprint density at radius 3 is 2.40 bits per heavy atom. The van der Waals surface area contributed by atoms with Crippen LogP contribution in [0, 0.1) is 0 Å². The molecule has 0 aliphatic heterocycles. The minimum absolute atomic E-state index is 0.655. The Hall–Kier alpha value is -3.31. The SMILES string of the molecule is Cn1cncc1C(Cl)(c1ccc(Cl)cc1)c1ccc2c(c1)c(-c1cccc(Cl)c1)cc1nccn12. The monoisotopic (exact) mass is 516 g/mol. The maximum atomic E-state index is 7.59. The molecule has 6 aromatic rings. The Labute approximate surface area is 217 Å². The highest BCUT2D eigenvalue weighted by atomic mass is 35.5. The molecule has 0 N–H and O–H groups in total. The number of aryl methyl sites for hydroxylation is 1. The van der Waals surface area contributed by atoms with Crippen LogP contribution in [0.3, 0.4) is 0 Å². The van der Waals surface area contributed by atoms with Crippen LogP contribution in [0.15, 0.2) is 97.7 Å². The lowest BCUT2D eigenvalue weighted by Crippen LogP contribution is -2.25. The second kappa shape index (κ2) is 8.42. The van der Waals surface area contributed by atoms with Gasteiger partial charge in [-0.1, -0.05) is 53.5 Å². The fourth-order valence-electron chi connectivity index (χ4n) is 4.73. The third-order valence-electron chi connectivity index (χ3n) is 6.43. The van der Waals surface area contributed by atoms with Crippen LogP contribution in [-0.4, -0.2) is 18.9 Å². The maximum Gasteiger partial charge on any atom is 0.137 e. The van der Waals surface area contributed by atoms with Gasteiger partial charge in [-0.3, -0.25) is 4.40 Å². The minimum Gasteiger partial charge on any atom is -0.336 e. The van der Waals surface area contributed by atoms with Gasteiger partial charge in [-0.2, -0.15) is 0 Å². The zero-order valence-electron chi connectivity index (χ0n) is 18.7. The summed E-state index contributed by atoms with van der Waals surface area (Å²) < 4.78 is 4.03. The van der Waals surface area contributed by atoms with Gasteiger partial charge in [-0.15, -0.1) is 11.6 Å². The van der Waals surface area contributed by atoms with Crippen LogP contribution >= 0.6 is 34.8 Å². The van der Waals surface area contributed by atoms with E-state index in [4.69, 9.17) is 34.8 Å². The number of nitrogens with zero attached hydrogens (tertiary/aromatic N) is 4. The van der Waals surface area contributed by atoms with Crippen molar-refractivity contribution in [2.24, 2.45) is 7.05 Å². The second-order valence-electron chi connectivity index (χ2n) is 8.51. The van der Waals surface area contributed by atoms with Gasteiger partial charge in [0, 0.05) is 34.9 Å². The molecule has 4 nitrogen and oxygen atoms in total. The van der Waals surface area contributed by atoms with Crippen molar-refractivity contribution in [1.82, 2.24) is 18.9 Å². The first-order valence-corrected chi connectivity index (χ1v) is 12.2. The number of hydrogen-bond donors (Lipinski definition) is 0. The number of aromatic nitrogens is 4. The summed E-state index contributed by atoms with van der Waals surface area (Å²) in [5.74, 6) is 0. The van der Waals surface area contributed by atoms with Crippen molar-refractivity contribution in [3.05, 3.63) is 125 Å². The summed E-state index contributed by atoms with van der Waals surface area (Å²) >= 11 is 20.2. The number of rotatable bonds is 4. The summed E-state index contributed by atoms with van der Waals surface area (Å²) in [6.07, 6.45) is 7.34. The number of fused-ring (bicyclic) bond motifs is 3. The average Bonchev–Trinajstić information content (AvgIpc) is 3.52. The summed E-state index contributed by atoms with van der Waals surface area (Å²) in [7, 11) is 1.95. The number of imidazole rings is 2. The molecule has 3 heterocycles. The normalized spacial score (nSPS) is 13.4. The van der Waals surface area contributed by atoms with Crippen LogP contribution in [0.5, 0.6) is 0 Å². The first-order valence-electron chi connectivity index (χ1n) is 11.0. The molecule has 3 aromatic carbocycles. The van der Waals surface area contributed by atoms with Crippen LogP contribution in [-0.2, 0) is 11.9 Å². The Bertz CT molecular complexity index is 1700. The molecule has 0 radical (unpaired) electrons. The summed E-state index contributed by atoms with van der Waals surface area (Å²) in [4.78, 5) is 7.90. The lowest BCUT2D eigenvalue weighted by Gasteiger charge is -2.29. The lowest BCUT2D eigenvalue weighted by atomic mass is 9.86. The van der Waals surface area contributed by atoms with Gasteiger partial charge in [-0.05, 0) is 64.7 Å². The topological polar surface area (TPSA) is 35.1 Å². The Morgan fingerprint density at radius 1 is 0.857 bits per heavy atom. The van der Waals surface area contributed by atoms with E-state index < -0.39 is 4.87 Å². The molecule has 172 valence electrons. The molecule has 0 spiro atoms. The predicted octanol–water partition coefficient (Wildman–Crippen LogP) is 7.73. The number of halogens is 3. The number of benzene rings is 3. The largest absolute Gasteiger partial charge is 0.336 e. The van der Waals surface area contributed by atoms with Crippen molar-refractivity contribution in [2.75, 3.05) is 0 Å².